The lowest BCUT2D eigenvalue weighted by Crippen LogP contribution is -2.40. The molecule has 0 aliphatic carbocycles. The van der Waals surface area contributed by atoms with Crippen LogP contribution in [0.2, 0.25) is 0 Å². The number of sulfonamides is 1. The predicted molar refractivity (Wildman–Crippen MR) is 138 cm³/mol. The zero-order valence-corrected chi connectivity index (χ0v) is 20.8. The summed E-state index contributed by atoms with van der Waals surface area (Å²) in [5, 5.41) is 4.73. The van der Waals surface area contributed by atoms with Crippen molar-refractivity contribution in [1.82, 2.24) is 14.1 Å². The number of benzene rings is 3. The summed E-state index contributed by atoms with van der Waals surface area (Å²) in [6.07, 6.45) is 1.81. The van der Waals surface area contributed by atoms with E-state index in [0.717, 1.165) is 11.3 Å². The van der Waals surface area contributed by atoms with E-state index in [1.807, 2.05) is 66.7 Å². The van der Waals surface area contributed by atoms with Gasteiger partial charge in [0.25, 0.3) is 0 Å². The molecule has 5 rings (SSSR count). The second-order valence-corrected chi connectivity index (χ2v) is 10.7. The molecule has 36 heavy (non-hydrogen) atoms. The van der Waals surface area contributed by atoms with Crippen LogP contribution in [0.25, 0.3) is 16.9 Å². The molecule has 0 bridgehead atoms. The quantitative estimate of drug-likeness (QED) is 0.353. The maximum Gasteiger partial charge on any atom is 0.243 e. The average Bonchev–Trinajstić information content (AvgIpc) is 3.37. The summed E-state index contributed by atoms with van der Waals surface area (Å²) in [7, 11) is -3.67. The fraction of sp³-hybridized carbons (Fsp3) is 0.214. The summed E-state index contributed by atoms with van der Waals surface area (Å²) >= 11 is 0. The van der Waals surface area contributed by atoms with E-state index in [1.54, 1.807) is 29.9 Å². The molecule has 1 aliphatic rings. The summed E-state index contributed by atoms with van der Waals surface area (Å²) in [4.78, 5) is 13.8. The highest BCUT2D eigenvalue weighted by atomic mass is 32.2. The molecule has 184 valence electrons. The molecule has 0 spiro atoms. The molecule has 0 atom stereocenters. The highest BCUT2D eigenvalue weighted by Gasteiger charge is 2.28. The van der Waals surface area contributed by atoms with Gasteiger partial charge < -0.3 is 4.74 Å². The Labute approximate surface area is 211 Å². The molecule has 1 aromatic heterocycles. The minimum Gasteiger partial charge on any atom is -0.379 e. The molecule has 1 fully saturated rings. The van der Waals surface area contributed by atoms with Crippen LogP contribution in [0.15, 0.2) is 90.0 Å². The lowest BCUT2D eigenvalue weighted by Gasteiger charge is -2.26. The maximum absolute atomic E-state index is 13.6. The van der Waals surface area contributed by atoms with Gasteiger partial charge in [-0.3, -0.25) is 4.79 Å². The van der Waals surface area contributed by atoms with Crippen LogP contribution in [0.1, 0.15) is 21.5 Å². The minimum atomic E-state index is -3.67. The van der Waals surface area contributed by atoms with Gasteiger partial charge in [0.2, 0.25) is 10.0 Å². The third-order valence-corrected chi connectivity index (χ3v) is 8.33. The first-order valence-corrected chi connectivity index (χ1v) is 13.3. The smallest absolute Gasteiger partial charge is 0.243 e. The Morgan fingerprint density at radius 3 is 2.31 bits per heavy atom. The van der Waals surface area contributed by atoms with Gasteiger partial charge in [-0.25, -0.2) is 13.1 Å². The van der Waals surface area contributed by atoms with Gasteiger partial charge in [0.1, 0.15) is 5.69 Å². The summed E-state index contributed by atoms with van der Waals surface area (Å²) in [6.45, 7) is 3.18. The number of aryl methyl sites for hydroxylation is 1. The summed E-state index contributed by atoms with van der Waals surface area (Å²) in [5.74, 6) is -0.130. The number of nitrogens with zero attached hydrogens (tertiary/aromatic N) is 3. The van der Waals surface area contributed by atoms with E-state index < -0.39 is 10.0 Å². The van der Waals surface area contributed by atoms with Gasteiger partial charge in [0.15, 0.2) is 5.78 Å². The second kappa shape index (κ2) is 10.2. The number of Topliss-reactive ketones (excluding diaryl/α,β-unsaturated/α-hetero) is 1. The van der Waals surface area contributed by atoms with Crippen molar-refractivity contribution in [3.05, 3.63) is 102 Å². The predicted octanol–water partition coefficient (Wildman–Crippen LogP) is 4.29. The molecular formula is C28H27N3O4S. The summed E-state index contributed by atoms with van der Waals surface area (Å²) in [6, 6.07) is 24.4. The Bertz CT molecular complexity index is 1480. The van der Waals surface area contributed by atoms with Gasteiger partial charge in [-0.1, -0.05) is 60.7 Å². The highest BCUT2D eigenvalue weighted by Crippen LogP contribution is 2.27. The van der Waals surface area contributed by atoms with Crippen molar-refractivity contribution in [3.63, 3.8) is 0 Å². The van der Waals surface area contributed by atoms with Gasteiger partial charge in [-0.15, -0.1) is 0 Å². The van der Waals surface area contributed by atoms with Crippen LogP contribution in [0, 0.1) is 6.92 Å². The van der Waals surface area contributed by atoms with E-state index in [0.29, 0.717) is 48.7 Å². The van der Waals surface area contributed by atoms with Crippen LogP contribution in [0.3, 0.4) is 0 Å². The molecule has 3 aromatic carbocycles. The van der Waals surface area contributed by atoms with Gasteiger partial charge >= 0.3 is 0 Å². The highest BCUT2D eigenvalue weighted by molar-refractivity contribution is 7.89. The normalized spacial score (nSPS) is 14.6. The number of hydrogen-bond donors (Lipinski definition) is 0. The fourth-order valence-electron chi connectivity index (χ4n) is 4.34. The number of aromatic nitrogens is 2. The number of morpholine rings is 1. The van der Waals surface area contributed by atoms with Crippen LogP contribution in [-0.4, -0.2) is 54.6 Å². The number of carbonyl (C=O) groups excluding carboxylic acids is 1. The van der Waals surface area contributed by atoms with E-state index in [2.05, 4.69) is 0 Å². The van der Waals surface area contributed by atoms with Crippen molar-refractivity contribution in [2.45, 2.75) is 18.2 Å². The first-order valence-electron chi connectivity index (χ1n) is 11.8. The van der Waals surface area contributed by atoms with E-state index >= 15 is 0 Å². The monoisotopic (exact) mass is 501 g/mol. The van der Waals surface area contributed by atoms with Crippen molar-refractivity contribution in [1.29, 1.82) is 0 Å². The molecule has 0 N–H and O–H groups in total. The molecule has 0 unspecified atom stereocenters. The van der Waals surface area contributed by atoms with Crippen LogP contribution in [0.4, 0.5) is 0 Å². The third kappa shape index (κ3) is 4.88. The minimum absolute atomic E-state index is 0.0617. The first kappa shape index (κ1) is 24.1. The third-order valence-electron chi connectivity index (χ3n) is 6.29. The van der Waals surface area contributed by atoms with Gasteiger partial charge in [-0.05, 0) is 36.2 Å². The molecule has 1 aliphatic heterocycles. The lowest BCUT2D eigenvalue weighted by molar-refractivity contribution is 0.0730. The Hall–Kier alpha value is -3.59. The zero-order valence-electron chi connectivity index (χ0n) is 20.0. The lowest BCUT2D eigenvalue weighted by atomic mass is 10.00. The molecular weight excluding hydrogens is 474 g/mol. The SMILES string of the molecule is Cc1ccc(CC(=O)c2cn(-c3ccccc3)nc2-c2ccccc2)cc1S(=O)(=O)N1CCOCC1. The van der Waals surface area contributed by atoms with Crippen molar-refractivity contribution in [3.8, 4) is 16.9 Å². The Kier molecular flexibility index (Phi) is 6.82. The largest absolute Gasteiger partial charge is 0.379 e. The second-order valence-electron chi connectivity index (χ2n) is 8.75. The molecule has 1 saturated heterocycles. The standard InChI is InChI=1S/C28H27N3O4S/c1-21-12-13-22(19-27(21)36(33,34)30-14-16-35-17-15-30)18-26(32)25-20-31(24-10-6-3-7-11-24)29-28(25)23-8-4-2-5-9-23/h2-13,19-20H,14-18H2,1H3. The van der Waals surface area contributed by atoms with E-state index in [1.165, 1.54) is 4.31 Å². The van der Waals surface area contributed by atoms with Gasteiger partial charge in [0.05, 0.1) is 29.4 Å². The Morgan fingerprint density at radius 1 is 0.944 bits per heavy atom. The average molecular weight is 502 g/mol. The number of ketones is 1. The Balaban J connectivity index is 1.49. The number of para-hydroxylation sites is 1. The summed E-state index contributed by atoms with van der Waals surface area (Å²) < 4.78 is 35.0. The van der Waals surface area contributed by atoms with E-state index in [4.69, 9.17) is 9.84 Å². The van der Waals surface area contributed by atoms with Crippen molar-refractivity contribution in [2.75, 3.05) is 26.3 Å². The summed E-state index contributed by atoms with van der Waals surface area (Å²) in [5.41, 5.74) is 4.07. The fourth-order valence-corrected chi connectivity index (χ4v) is 6.02. The van der Waals surface area contributed by atoms with Crippen LogP contribution < -0.4 is 0 Å². The Morgan fingerprint density at radius 2 is 1.61 bits per heavy atom. The van der Waals surface area contributed by atoms with Crippen LogP contribution in [-0.2, 0) is 21.2 Å². The van der Waals surface area contributed by atoms with Crippen molar-refractivity contribution >= 4 is 15.8 Å². The van der Waals surface area contributed by atoms with Crippen molar-refractivity contribution in [2.24, 2.45) is 0 Å². The molecule has 8 heteroatoms. The van der Waals surface area contributed by atoms with Crippen LogP contribution >= 0.6 is 0 Å². The molecule has 0 radical (unpaired) electrons. The van der Waals surface area contributed by atoms with E-state index in [9.17, 15) is 13.2 Å². The number of carbonyl (C=O) groups is 1. The first-order chi connectivity index (χ1) is 17.4. The molecule has 4 aromatic rings. The molecule has 0 amide bonds. The molecule has 7 nitrogen and oxygen atoms in total. The topological polar surface area (TPSA) is 81.5 Å². The number of hydrogen-bond acceptors (Lipinski definition) is 5. The van der Waals surface area contributed by atoms with Crippen molar-refractivity contribution < 1.29 is 17.9 Å². The van der Waals surface area contributed by atoms with Gasteiger partial charge in [0, 0.05) is 31.3 Å². The maximum atomic E-state index is 13.6. The molecule has 2 heterocycles. The number of rotatable bonds is 7. The number of ether oxygens (including phenoxy) is 1. The zero-order chi connectivity index (χ0) is 25.1. The molecule has 0 saturated carbocycles. The van der Waals surface area contributed by atoms with Gasteiger partial charge in [-0.2, -0.15) is 9.40 Å². The van der Waals surface area contributed by atoms with E-state index in [-0.39, 0.29) is 17.1 Å². The van der Waals surface area contributed by atoms with Crippen LogP contribution in [0.5, 0.6) is 0 Å².